The van der Waals surface area contributed by atoms with E-state index in [-0.39, 0.29) is 96.9 Å². The second-order valence-corrected chi connectivity index (χ2v) is 14.9. The first-order valence-electron chi connectivity index (χ1n) is 19.8. The van der Waals surface area contributed by atoms with E-state index in [0.29, 0.717) is 56.2 Å². The minimum atomic E-state index is -1.05. The summed E-state index contributed by atoms with van der Waals surface area (Å²) in [5.41, 5.74) is -0.0581. The molecule has 2 fully saturated rings. The van der Waals surface area contributed by atoms with Gasteiger partial charge < -0.3 is 40.3 Å². The molecule has 0 spiro atoms. The molecule has 7 rings (SSSR count). The molecular weight excluding hydrogens is 820 g/mol. The number of amides is 5. The molecule has 0 saturated carbocycles. The van der Waals surface area contributed by atoms with Crippen LogP contribution in [0.25, 0.3) is 22.0 Å². The number of piperidine rings is 1. The fraction of sp³-hybridized carbons (Fsp3) is 0.390. The molecule has 0 aliphatic carbocycles. The molecule has 4 heterocycles. The summed E-state index contributed by atoms with van der Waals surface area (Å²) in [6.45, 7) is 4.26. The van der Waals surface area contributed by atoms with E-state index in [4.69, 9.17) is 21.1 Å². The summed E-state index contributed by atoms with van der Waals surface area (Å²) in [5, 5.41) is 22.2. The molecule has 0 unspecified atom stereocenters. The van der Waals surface area contributed by atoms with Gasteiger partial charge in [-0.1, -0.05) is 23.7 Å². The van der Waals surface area contributed by atoms with E-state index in [1.165, 1.54) is 29.2 Å². The monoisotopic (exact) mass is 863 g/mol. The number of fused-ring (bicyclic) bond motifs is 2. The number of nitrogens with zero attached hydrogens (tertiary/aromatic N) is 5. The third-order valence-electron chi connectivity index (χ3n) is 10.5. The largest absolute Gasteiger partial charge is 0.507 e. The van der Waals surface area contributed by atoms with E-state index in [0.717, 1.165) is 11.0 Å². The zero-order valence-corrected chi connectivity index (χ0v) is 33.9. The van der Waals surface area contributed by atoms with Crippen molar-refractivity contribution in [3.05, 3.63) is 70.2 Å². The molecule has 17 nitrogen and oxygen atoms in total. The van der Waals surface area contributed by atoms with E-state index < -0.39 is 47.1 Å². The molecule has 3 aliphatic heterocycles. The summed E-state index contributed by atoms with van der Waals surface area (Å²) in [5.74, 6) is -4.25. The Morgan fingerprint density at radius 1 is 0.951 bits per heavy atom. The van der Waals surface area contributed by atoms with E-state index in [2.05, 4.69) is 31.2 Å². The number of piperazine rings is 1. The lowest BCUT2D eigenvalue weighted by Crippen LogP contribution is -2.54. The van der Waals surface area contributed by atoms with Gasteiger partial charge in [-0.05, 0) is 36.8 Å². The molecule has 0 bridgehead atoms. The van der Waals surface area contributed by atoms with Crippen LogP contribution in [0.4, 0.5) is 26.2 Å². The number of likely N-dealkylation sites (N-methyl/N-ethyl adjacent to an activating group) is 1. The number of hydrogen-bond acceptors (Lipinski definition) is 14. The van der Waals surface area contributed by atoms with Crippen molar-refractivity contribution in [2.45, 2.75) is 25.3 Å². The van der Waals surface area contributed by atoms with Gasteiger partial charge in [0.1, 0.15) is 28.9 Å². The van der Waals surface area contributed by atoms with E-state index in [1.54, 1.807) is 19.2 Å². The molecule has 3 aromatic carbocycles. The predicted molar refractivity (Wildman–Crippen MR) is 221 cm³/mol. The topological polar surface area (TPSA) is 208 Å². The number of phenolic OH excluding ortho intramolecular Hbond substituents is 1. The Morgan fingerprint density at radius 2 is 1.70 bits per heavy atom. The Bertz CT molecular complexity index is 2350. The number of hydrogen-bond donors (Lipinski definition) is 5. The zero-order valence-electron chi connectivity index (χ0n) is 33.2. The summed E-state index contributed by atoms with van der Waals surface area (Å²) < 4.78 is 42.4. The molecule has 1 aromatic heterocycles. The van der Waals surface area contributed by atoms with E-state index in [9.17, 15) is 33.5 Å². The highest BCUT2D eigenvalue weighted by Gasteiger charge is 2.45. The Labute approximate surface area is 353 Å². The quantitative estimate of drug-likeness (QED) is 0.0764. The first-order valence-corrected chi connectivity index (χ1v) is 20.2. The number of imide groups is 2. The molecule has 2 saturated heterocycles. The number of nitrogens with one attached hydrogen (secondary N) is 4. The summed E-state index contributed by atoms with van der Waals surface area (Å²) in [6.07, 6.45) is 0.164. The van der Waals surface area contributed by atoms with Crippen molar-refractivity contribution in [1.29, 1.82) is 0 Å². The van der Waals surface area contributed by atoms with Crippen molar-refractivity contribution in [3.8, 4) is 16.9 Å². The standard InChI is InChI=1S/C41H44ClF2N9O8/c1-51(17-19-61-21-20-60-18-14-46-27-6-2-4-23-32(27)40(59)53(39(23)58)28-8-9-30(55)48-38(28)57)31(56)10-11-47-41-49-36-24(37(50-41)52-15-12-45-13-16-52)22-25(42)33(35(36)44)34-26(43)5-3-7-29(34)54/h2-7,22,28,45-46,54H,8-21H2,1H3,(H,47,49,50)(H,48,55,57)/t28-/m1/s1. The highest BCUT2D eigenvalue weighted by atomic mass is 35.5. The van der Waals surface area contributed by atoms with Crippen LogP contribution < -0.4 is 26.2 Å². The minimum Gasteiger partial charge on any atom is -0.507 e. The van der Waals surface area contributed by atoms with E-state index >= 15 is 4.39 Å². The summed E-state index contributed by atoms with van der Waals surface area (Å²) >= 11 is 6.52. The fourth-order valence-corrected chi connectivity index (χ4v) is 7.69. The number of aromatic nitrogens is 2. The van der Waals surface area contributed by atoms with Crippen LogP contribution in [0.5, 0.6) is 5.75 Å². The Kier molecular flexibility index (Phi) is 13.5. The molecule has 5 N–H and O–H groups in total. The number of carbonyl (C=O) groups excluding carboxylic acids is 5. The van der Waals surface area contributed by atoms with Crippen LogP contribution in [0.3, 0.4) is 0 Å². The Hall–Kier alpha value is -6.02. The SMILES string of the molecule is CN(CCOCCOCCNc1cccc2c1C(=O)N([C@@H]1CCC(=O)NC1=O)C2=O)C(=O)CCNc1nc(N2CCNCC2)c2cc(Cl)c(-c3c(O)cccc3F)c(F)c2n1. The smallest absolute Gasteiger partial charge is 0.264 e. The first-order chi connectivity index (χ1) is 29.4. The summed E-state index contributed by atoms with van der Waals surface area (Å²) in [7, 11) is 1.64. The predicted octanol–water partition coefficient (Wildman–Crippen LogP) is 3.15. The summed E-state index contributed by atoms with van der Waals surface area (Å²) in [6, 6.07) is 8.88. The molecule has 5 amide bonds. The van der Waals surface area contributed by atoms with Crippen molar-refractivity contribution in [3.63, 3.8) is 0 Å². The zero-order chi connectivity index (χ0) is 43.2. The number of rotatable bonds is 17. The third-order valence-corrected chi connectivity index (χ3v) is 10.8. The number of ether oxygens (including phenoxy) is 2. The fourth-order valence-electron chi connectivity index (χ4n) is 7.41. The lowest BCUT2D eigenvalue weighted by atomic mass is 10.0. The minimum absolute atomic E-state index is 0.0331. The number of benzene rings is 3. The van der Waals surface area contributed by atoms with Crippen LogP contribution in [-0.4, -0.2) is 140 Å². The average Bonchev–Trinajstić information content (AvgIpc) is 3.50. The van der Waals surface area contributed by atoms with Crippen molar-refractivity contribution in [1.82, 2.24) is 30.4 Å². The number of carbonyl (C=O) groups is 5. The Morgan fingerprint density at radius 3 is 2.46 bits per heavy atom. The number of halogens is 3. The van der Waals surface area contributed by atoms with Gasteiger partial charge in [0.25, 0.3) is 11.8 Å². The van der Waals surface area contributed by atoms with Gasteiger partial charge in [-0.25, -0.2) is 13.8 Å². The summed E-state index contributed by atoms with van der Waals surface area (Å²) in [4.78, 5) is 76.7. The highest BCUT2D eigenvalue weighted by Crippen LogP contribution is 2.42. The van der Waals surface area contributed by atoms with Crippen LogP contribution in [-0.2, 0) is 23.9 Å². The van der Waals surface area contributed by atoms with Gasteiger partial charge in [-0.15, -0.1) is 0 Å². The molecule has 20 heteroatoms. The normalized spacial score (nSPS) is 16.6. The van der Waals surface area contributed by atoms with Crippen LogP contribution in [0.2, 0.25) is 5.02 Å². The van der Waals surface area contributed by atoms with Crippen LogP contribution in [0.1, 0.15) is 40.0 Å². The highest BCUT2D eigenvalue weighted by molar-refractivity contribution is 6.34. The lowest BCUT2D eigenvalue weighted by Gasteiger charge is -2.29. The molecule has 3 aliphatic rings. The molecule has 0 radical (unpaired) electrons. The van der Waals surface area contributed by atoms with Crippen molar-refractivity contribution < 1.29 is 47.3 Å². The van der Waals surface area contributed by atoms with Crippen molar-refractivity contribution in [2.24, 2.45) is 0 Å². The maximum absolute atomic E-state index is 16.3. The van der Waals surface area contributed by atoms with Gasteiger partial charge in [0.05, 0.1) is 48.1 Å². The van der Waals surface area contributed by atoms with Crippen LogP contribution in [0.15, 0.2) is 42.5 Å². The average molecular weight is 864 g/mol. The maximum Gasteiger partial charge on any atom is 0.264 e. The lowest BCUT2D eigenvalue weighted by molar-refractivity contribution is -0.136. The molecule has 4 aromatic rings. The number of aromatic hydroxyl groups is 1. The second-order valence-electron chi connectivity index (χ2n) is 14.5. The van der Waals surface area contributed by atoms with Gasteiger partial charge in [-0.2, -0.15) is 4.98 Å². The third kappa shape index (κ3) is 9.34. The maximum atomic E-state index is 16.3. The van der Waals surface area contributed by atoms with Gasteiger partial charge in [0.2, 0.25) is 23.7 Å². The van der Waals surface area contributed by atoms with E-state index in [1.807, 2.05) is 4.90 Å². The molecule has 61 heavy (non-hydrogen) atoms. The Balaban J connectivity index is 0.853. The molecular formula is C41H44ClF2N9O8. The van der Waals surface area contributed by atoms with Crippen molar-refractivity contribution in [2.75, 3.05) is 94.8 Å². The van der Waals surface area contributed by atoms with Gasteiger partial charge >= 0.3 is 0 Å². The van der Waals surface area contributed by atoms with Crippen molar-refractivity contribution >= 4 is 69.5 Å². The second kappa shape index (κ2) is 19.1. The van der Waals surface area contributed by atoms with Gasteiger partial charge in [-0.3, -0.25) is 34.2 Å². The van der Waals surface area contributed by atoms with Gasteiger partial charge in [0, 0.05) is 82.3 Å². The van der Waals surface area contributed by atoms with Gasteiger partial charge in [0.15, 0.2) is 5.82 Å². The molecule has 1 atom stereocenters. The van der Waals surface area contributed by atoms with Crippen LogP contribution in [0, 0.1) is 11.6 Å². The number of phenols is 1. The number of anilines is 3. The first kappa shape index (κ1) is 43.1. The molecule has 322 valence electrons. The van der Waals surface area contributed by atoms with Crippen LogP contribution >= 0.6 is 11.6 Å².